The third-order valence-electron chi connectivity index (χ3n) is 5.63. The lowest BCUT2D eigenvalue weighted by Crippen LogP contribution is -2.46. The first kappa shape index (κ1) is 20.6. The van der Waals surface area contributed by atoms with Gasteiger partial charge in [-0.2, -0.15) is 18.3 Å². The van der Waals surface area contributed by atoms with Crippen molar-refractivity contribution in [1.82, 2.24) is 10.3 Å². The number of alkyl halides is 3. The van der Waals surface area contributed by atoms with Crippen molar-refractivity contribution >= 4 is 29.2 Å². The summed E-state index contributed by atoms with van der Waals surface area (Å²) in [5, 5.41) is 3.56. The molecule has 9 heteroatoms. The number of nitrogens with two attached hydrogens (primary N) is 1. The standard InChI is InChI=1S/C21H22F3N5S/c22-21(23,24)19-9-16(7-6-15(19)10-26-27-20(25)30)29-13-17-8-18(29)12-28(17)11-14-4-2-1-3-5-14/h1-7,9-10,17-18H,8,11-13H2,(H3,25,27,30)/t17-,18-/m0/s1. The van der Waals surface area contributed by atoms with Crippen molar-refractivity contribution in [2.24, 2.45) is 10.8 Å². The van der Waals surface area contributed by atoms with Gasteiger partial charge in [0, 0.05) is 43.0 Å². The van der Waals surface area contributed by atoms with E-state index in [1.165, 1.54) is 17.7 Å². The van der Waals surface area contributed by atoms with Gasteiger partial charge in [0.15, 0.2) is 5.11 Å². The molecule has 2 aliphatic heterocycles. The monoisotopic (exact) mass is 433 g/mol. The Balaban J connectivity index is 1.50. The quantitative estimate of drug-likeness (QED) is 0.430. The highest BCUT2D eigenvalue weighted by molar-refractivity contribution is 7.80. The van der Waals surface area contributed by atoms with E-state index in [2.05, 4.69) is 44.7 Å². The smallest absolute Gasteiger partial charge is 0.375 e. The molecule has 0 amide bonds. The van der Waals surface area contributed by atoms with E-state index in [9.17, 15) is 13.2 Å². The lowest BCUT2D eigenvalue weighted by atomic mass is 10.1. The zero-order valence-electron chi connectivity index (χ0n) is 16.1. The fraction of sp³-hybridized carbons (Fsp3) is 0.333. The summed E-state index contributed by atoms with van der Waals surface area (Å²) < 4.78 is 40.9. The highest BCUT2D eigenvalue weighted by atomic mass is 32.1. The molecule has 0 spiro atoms. The molecule has 0 aromatic heterocycles. The Morgan fingerprint density at radius 3 is 2.57 bits per heavy atom. The first-order valence-corrected chi connectivity index (χ1v) is 10.1. The number of piperazine rings is 1. The normalized spacial score (nSPS) is 21.5. The second-order valence-corrected chi connectivity index (χ2v) is 8.05. The third-order valence-corrected chi connectivity index (χ3v) is 5.73. The molecule has 2 saturated heterocycles. The number of hydrogen-bond acceptors (Lipinski definition) is 4. The minimum Gasteiger partial charge on any atom is -0.375 e. The summed E-state index contributed by atoms with van der Waals surface area (Å²) in [7, 11) is 0. The molecular weight excluding hydrogens is 411 g/mol. The zero-order valence-corrected chi connectivity index (χ0v) is 17.0. The Morgan fingerprint density at radius 2 is 1.93 bits per heavy atom. The van der Waals surface area contributed by atoms with Gasteiger partial charge in [-0.25, -0.2) is 0 Å². The Bertz CT molecular complexity index is 947. The van der Waals surface area contributed by atoms with E-state index in [1.54, 1.807) is 6.07 Å². The molecule has 2 bridgehead atoms. The maximum atomic E-state index is 13.6. The predicted molar refractivity (Wildman–Crippen MR) is 115 cm³/mol. The second-order valence-electron chi connectivity index (χ2n) is 7.61. The predicted octanol–water partition coefficient (Wildman–Crippen LogP) is 3.34. The highest BCUT2D eigenvalue weighted by Crippen LogP contribution is 2.39. The summed E-state index contributed by atoms with van der Waals surface area (Å²) in [5.41, 5.74) is 8.62. The van der Waals surface area contributed by atoms with E-state index in [0.29, 0.717) is 11.7 Å². The van der Waals surface area contributed by atoms with Crippen LogP contribution >= 0.6 is 12.2 Å². The van der Waals surface area contributed by atoms with Gasteiger partial charge in [-0.15, -0.1) is 0 Å². The minimum absolute atomic E-state index is 0.0370. The van der Waals surface area contributed by atoms with Crippen LogP contribution in [0, 0.1) is 0 Å². The van der Waals surface area contributed by atoms with Crippen LogP contribution < -0.4 is 16.1 Å². The molecule has 2 atom stereocenters. The van der Waals surface area contributed by atoms with E-state index in [0.717, 1.165) is 32.3 Å². The van der Waals surface area contributed by atoms with Crippen molar-refractivity contribution in [3.63, 3.8) is 0 Å². The van der Waals surface area contributed by atoms with E-state index in [-0.39, 0.29) is 16.7 Å². The molecule has 4 rings (SSSR count). The molecular formula is C21H22F3N5S. The van der Waals surface area contributed by atoms with E-state index in [1.807, 2.05) is 18.2 Å². The molecule has 3 N–H and O–H groups in total. The molecule has 2 heterocycles. The van der Waals surface area contributed by atoms with Gasteiger partial charge in [0.1, 0.15) is 0 Å². The molecule has 0 radical (unpaired) electrons. The van der Waals surface area contributed by atoms with Crippen molar-refractivity contribution in [2.45, 2.75) is 31.2 Å². The van der Waals surface area contributed by atoms with E-state index in [4.69, 9.17) is 5.73 Å². The number of thiocarbonyl (C=S) groups is 1. The molecule has 2 aliphatic rings. The first-order chi connectivity index (χ1) is 14.3. The number of hydrazone groups is 1. The van der Waals surface area contributed by atoms with E-state index < -0.39 is 11.7 Å². The van der Waals surface area contributed by atoms with Crippen LogP contribution in [-0.4, -0.2) is 41.4 Å². The largest absolute Gasteiger partial charge is 0.417 e. The number of nitrogens with zero attached hydrogens (tertiary/aromatic N) is 3. The average Bonchev–Trinajstić information content (AvgIpc) is 3.28. The number of hydrogen-bond donors (Lipinski definition) is 2. The van der Waals surface area contributed by atoms with Gasteiger partial charge in [0.25, 0.3) is 0 Å². The summed E-state index contributed by atoms with van der Waals surface area (Å²) in [6.07, 6.45) is -2.43. The molecule has 158 valence electrons. The van der Waals surface area contributed by atoms with E-state index >= 15 is 0 Å². The van der Waals surface area contributed by atoms with Crippen molar-refractivity contribution in [2.75, 3.05) is 18.0 Å². The van der Waals surface area contributed by atoms with Gasteiger partial charge in [-0.3, -0.25) is 10.3 Å². The number of benzene rings is 2. The first-order valence-electron chi connectivity index (χ1n) is 9.65. The molecule has 2 aromatic carbocycles. The van der Waals surface area contributed by atoms with Crippen molar-refractivity contribution in [3.05, 3.63) is 65.2 Å². The van der Waals surface area contributed by atoms with Crippen LogP contribution in [0.1, 0.15) is 23.1 Å². The Morgan fingerprint density at radius 1 is 1.17 bits per heavy atom. The Kier molecular flexibility index (Phi) is 5.66. The molecule has 2 aromatic rings. The van der Waals surface area contributed by atoms with Crippen molar-refractivity contribution in [3.8, 4) is 0 Å². The number of fused-ring (bicyclic) bond motifs is 2. The number of halogens is 3. The van der Waals surface area contributed by atoms with Gasteiger partial charge in [-0.05, 0) is 36.3 Å². The zero-order chi connectivity index (χ0) is 21.3. The molecule has 2 fully saturated rings. The summed E-state index contributed by atoms with van der Waals surface area (Å²) in [6.45, 7) is 2.45. The van der Waals surface area contributed by atoms with Gasteiger partial charge < -0.3 is 10.6 Å². The van der Waals surface area contributed by atoms with Gasteiger partial charge in [0.2, 0.25) is 0 Å². The Labute approximate surface area is 178 Å². The molecule has 30 heavy (non-hydrogen) atoms. The number of anilines is 1. The average molecular weight is 434 g/mol. The fourth-order valence-corrected chi connectivity index (χ4v) is 4.38. The molecule has 0 unspecified atom stereocenters. The lowest BCUT2D eigenvalue weighted by Gasteiger charge is -2.36. The maximum absolute atomic E-state index is 13.6. The SMILES string of the molecule is NC(=S)NN=Cc1ccc(N2C[C@@H]3C[C@H]2CN3Cc2ccccc2)cc1C(F)(F)F. The summed E-state index contributed by atoms with van der Waals surface area (Å²) >= 11 is 4.61. The molecule has 0 saturated carbocycles. The van der Waals surface area contributed by atoms with Crippen molar-refractivity contribution in [1.29, 1.82) is 0 Å². The number of nitrogens with one attached hydrogen (secondary N) is 1. The highest BCUT2D eigenvalue weighted by Gasteiger charge is 2.43. The van der Waals surface area contributed by atoms with Crippen molar-refractivity contribution < 1.29 is 13.2 Å². The number of likely N-dealkylation sites (tertiary alicyclic amines) is 1. The van der Waals surface area contributed by atoms with Crippen LogP contribution in [0.3, 0.4) is 0 Å². The second kappa shape index (κ2) is 8.23. The van der Waals surface area contributed by atoms with Crippen LogP contribution in [0.15, 0.2) is 53.6 Å². The minimum atomic E-state index is -4.49. The van der Waals surface area contributed by atoms with Crippen LogP contribution in [0.25, 0.3) is 0 Å². The van der Waals surface area contributed by atoms with Crippen LogP contribution in [-0.2, 0) is 12.7 Å². The van der Waals surface area contributed by atoms with Gasteiger partial charge in [-0.1, -0.05) is 36.4 Å². The van der Waals surface area contributed by atoms with Crippen LogP contribution in [0.2, 0.25) is 0 Å². The Hall–Kier alpha value is -2.65. The maximum Gasteiger partial charge on any atom is 0.417 e. The summed E-state index contributed by atoms with van der Waals surface area (Å²) in [5.74, 6) is 0. The fourth-order valence-electron chi connectivity index (χ4n) is 4.32. The van der Waals surface area contributed by atoms with Crippen LogP contribution in [0.4, 0.5) is 18.9 Å². The number of rotatable bonds is 5. The lowest BCUT2D eigenvalue weighted by molar-refractivity contribution is -0.137. The summed E-state index contributed by atoms with van der Waals surface area (Å²) in [4.78, 5) is 4.51. The third kappa shape index (κ3) is 4.41. The summed E-state index contributed by atoms with van der Waals surface area (Å²) in [6, 6.07) is 15.2. The molecule has 5 nitrogen and oxygen atoms in total. The van der Waals surface area contributed by atoms with Gasteiger partial charge >= 0.3 is 6.18 Å². The topological polar surface area (TPSA) is 56.9 Å². The van der Waals surface area contributed by atoms with Crippen LogP contribution in [0.5, 0.6) is 0 Å². The molecule has 0 aliphatic carbocycles. The van der Waals surface area contributed by atoms with Gasteiger partial charge in [0.05, 0.1) is 11.8 Å².